The van der Waals surface area contributed by atoms with E-state index in [-0.39, 0.29) is 5.69 Å². The second kappa shape index (κ2) is 5.45. The Bertz CT molecular complexity index is 981. The predicted molar refractivity (Wildman–Crippen MR) is 72.0 cm³/mol. The van der Waals surface area contributed by atoms with Gasteiger partial charge in [-0.15, -0.1) is 0 Å². The Morgan fingerprint density at radius 1 is 1.05 bits per heavy atom. The average Bonchev–Trinajstić information content (AvgIpc) is 2.36. The lowest BCUT2D eigenvalue weighted by Gasteiger charge is -2.06. The second-order valence-electron chi connectivity index (χ2n) is 3.89. The summed E-state index contributed by atoms with van der Waals surface area (Å²) in [5, 5.41) is 1.35. The van der Waals surface area contributed by atoms with Gasteiger partial charge >= 0.3 is 15.8 Å². The van der Waals surface area contributed by atoms with Crippen molar-refractivity contribution in [1.29, 1.82) is 0 Å². The molecule has 1 aromatic heterocycles. The van der Waals surface area contributed by atoms with Gasteiger partial charge in [-0.25, -0.2) is 4.79 Å². The predicted octanol–water partition coefficient (Wildman–Crippen LogP) is -0.598. The summed E-state index contributed by atoms with van der Waals surface area (Å²) >= 11 is 0. The van der Waals surface area contributed by atoms with E-state index in [4.69, 9.17) is 9.11 Å². The number of H-pyrrole nitrogens is 1. The van der Waals surface area contributed by atoms with Crippen molar-refractivity contribution in [2.24, 2.45) is 0 Å². The molecule has 2 rings (SSSR count). The van der Waals surface area contributed by atoms with Crippen LogP contribution in [0.25, 0.3) is 0 Å². The maximum absolute atomic E-state index is 11.2. The van der Waals surface area contributed by atoms with Crippen molar-refractivity contribution in [2.45, 2.75) is 10.1 Å². The molecule has 0 spiro atoms. The number of benzene rings is 1. The number of rotatable bonds is 4. The van der Waals surface area contributed by atoms with Gasteiger partial charge in [0.15, 0.2) is 0 Å². The molecule has 0 fully saturated rings. The zero-order valence-electron chi connectivity index (χ0n) is 10.5. The molecule has 4 N–H and O–H groups in total. The molecule has 0 amide bonds. The van der Waals surface area contributed by atoms with Crippen LogP contribution in [0.5, 0.6) is 0 Å². The average molecular weight is 348 g/mol. The molecular weight excluding hydrogens is 340 g/mol. The van der Waals surface area contributed by atoms with Gasteiger partial charge < -0.3 is 5.32 Å². The number of aromatic amines is 1. The van der Waals surface area contributed by atoms with Crippen molar-refractivity contribution in [1.82, 2.24) is 15.0 Å². The lowest BCUT2D eigenvalue weighted by Crippen LogP contribution is -2.19. The van der Waals surface area contributed by atoms with Crippen molar-refractivity contribution in [3.8, 4) is 0 Å². The number of anilines is 2. The minimum absolute atomic E-state index is 0.0574. The molecule has 22 heavy (non-hydrogen) atoms. The fourth-order valence-corrected chi connectivity index (χ4v) is 2.35. The van der Waals surface area contributed by atoms with Crippen molar-refractivity contribution < 1.29 is 25.9 Å². The molecule has 0 saturated carbocycles. The molecule has 1 heterocycles. The Labute approximate surface area is 123 Å². The smallest absolute Gasteiger partial charge is 0.324 e. The van der Waals surface area contributed by atoms with Gasteiger partial charge in [-0.2, -0.15) is 26.8 Å². The largest absolute Gasteiger partial charge is 0.350 e. The van der Waals surface area contributed by atoms with Gasteiger partial charge in [-0.1, -0.05) is 6.07 Å². The molecule has 118 valence electrons. The number of hydrogen-bond acceptors (Lipinski definition) is 8. The quantitative estimate of drug-likeness (QED) is 0.521. The van der Waals surface area contributed by atoms with Gasteiger partial charge in [0.25, 0.3) is 15.3 Å². The molecule has 2 aromatic rings. The molecule has 0 radical (unpaired) electrons. The van der Waals surface area contributed by atoms with E-state index in [1.54, 1.807) is 4.98 Å². The lowest BCUT2D eigenvalue weighted by molar-refractivity contribution is 0.472. The molecule has 0 aliphatic carbocycles. The van der Waals surface area contributed by atoms with E-state index in [0.717, 1.165) is 12.1 Å². The third-order valence-corrected chi connectivity index (χ3v) is 3.79. The highest BCUT2D eigenvalue weighted by atomic mass is 32.2. The SMILES string of the molecule is O=c1nc(Nc2cccc(S(=O)(=O)O)c2)nc(S(=O)(=O)O)[nH]1. The van der Waals surface area contributed by atoms with E-state index >= 15 is 0 Å². The zero-order chi connectivity index (χ0) is 16.5. The second-order valence-corrected chi connectivity index (χ2v) is 6.64. The fraction of sp³-hybridized carbons (Fsp3) is 0. The van der Waals surface area contributed by atoms with Crippen LogP contribution in [0.3, 0.4) is 0 Å². The summed E-state index contributed by atoms with van der Waals surface area (Å²) in [6.07, 6.45) is 0. The van der Waals surface area contributed by atoms with Crippen LogP contribution >= 0.6 is 0 Å². The highest BCUT2D eigenvalue weighted by Crippen LogP contribution is 2.17. The summed E-state index contributed by atoms with van der Waals surface area (Å²) in [5.41, 5.74) is -1.04. The molecule has 0 unspecified atom stereocenters. The van der Waals surface area contributed by atoms with Crippen LogP contribution in [0.4, 0.5) is 11.6 Å². The van der Waals surface area contributed by atoms with Crippen LogP contribution in [-0.4, -0.2) is 40.9 Å². The van der Waals surface area contributed by atoms with Gasteiger partial charge in [-0.05, 0) is 18.2 Å². The number of aromatic nitrogens is 3. The Kier molecular flexibility index (Phi) is 3.97. The first-order valence-electron chi connectivity index (χ1n) is 5.36. The number of nitrogens with zero attached hydrogens (tertiary/aromatic N) is 2. The molecule has 0 aliphatic rings. The summed E-state index contributed by atoms with van der Waals surface area (Å²) in [4.78, 5) is 19.2. The van der Waals surface area contributed by atoms with Gasteiger partial charge in [0.2, 0.25) is 5.95 Å². The third kappa shape index (κ3) is 3.85. The zero-order valence-corrected chi connectivity index (χ0v) is 12.1. The van der Waals surface area contributed by atoms with Crippen LogP contribution in [-0.2, 0) is 20.2 Å². The standard InChI is InChI=1S/C9H8N4O7S2/c14-8-11-7(12-9(13-8)22(18,19)20)10-5-2-1-3-6(4-5)21(15,16)17/h1-4H,(H,15,16,17)(H,18,19,20)(H2,10,11,12,13,14). The maximum Gasteiger partial charge on any atom is 0.350 e. The first kappa shape index (κ1) is 16.0. The summed E-state index contributed by atoms with van der Waals surface area (Å²) in [6, 6.07) is 4.75. The Morgan fingerprint density at radius 3 is 2.32 bits per heavy atom. The van der Waals surface area contributed by atoms with Gasteiger partial charge in [-0.3, -0.25) is 14.1 Å². The van der Waals surface area contributed by atoms with E-state index < -0.39 is 41.9 Å². The fourth-order valence-electron chi connectivity index (χ4n) is 1.41. The van der Waals surface area contributed by atoms with Crippen LogP contribution in [0, 0.1) is 0 Å². The topological polar surface area (TPSA) is 179 Å². The Balaban J connectivity index is 2.44. The van der Waals surface area contributed by atoms with Crippen LogP contribution in [0.15, 0.2) is 39.1 Å². The van der Waals surface area contributed by atoms with Gasteiger partial charge in [0, 0.05) is 5.69 Å². The van der Waals surface area contributed by atoms with E-state index in [9.17, 15) is 21.6 Å². The first-order valence-corrected chi connectivity index (χ1v) is 8.24. The van der Waals surface area contributed by atoms with Crippen molar-refractivity contribution in [3.63, 3.8) is 0 Å². The third-order valence-electron chi connectivity index (χ3n) is 2.26. The summed E-state index contributed by atoms with van der Waals surface area (Å²) in [5.74, 6) is -0.496. The molecule has 11 nitrogen and oxygen atoms in total. The number of nitrogens with one attached hydrogen (secondary N) is 2. The lowest BCUT2D eigenvalue weighted by atomic mass is 10.3. The summed E-state index contributed by atoms with van der Waals surface area (Å²) in [6.45, 7) is 0. The molecular formula is C9H8N4O7S2. The first-order chi connectivity index (χ1) is 10.1. The molecule has 13 heteroatoms. The number of hydrogen-bond donors (Lipinski definition) is 4. The Hall–Kier alpha value is -2.35. The van der Waals surface area contributed by atoms with E-state index in [2.05, 4.69) is 15.3 Å². The molecule has 0 atom stereocenters. The maximum atomic E-state index is 11.2. The van der Waals surface area contributed by atoms with E-state index in [0.29, 0.717) is 0 Å². The summed E-state index contributed by atoms with van der Waals surface area (Å²) < 4.78 is 61.6. The molecule has 1 aromatic carbocycles. The normalized spacial score (nSPS) is 12.1. The van der Waals surface area contributed by atoms with Crippen molar-refractivity contribution in [3.05, 3.63) is 34.7 Å². The molecule has 0 bridgehead atoms. The summed E-state index contributed by atoms with van der Waals surface area (Å²) in [7, 11) is -9.20. The van der Waals surface area contributed by atoms with Gasteiger partial charge in [0.05, 0.1) is 4.90 Å². The van der Waals surface area contributed by atoms with Crippen molar-refractivity contribution >= 4 is 31.9 Å². The van der Waals surface area contributed by atoms with Crippen LogP contribution in [0.1, 0.15) is 0 Å². The highest BCUT2D eigenvalue weighted by Gasteiger charge is 2.16. The Morgan fingerprint density at radius 2 is 1.73 bits per heavy atom. The highest BCUT2D eigenvalue weighted by molar-refractivity contribution is 7.86. The van der Waals surface area contributed by atoms with E-state index in [1.807, 2.05) is 0 Å². The van der Waals surface area contributed by atoms with Crippen LogP contribution in [0.2, 0.25) is 0 Å². The minimum atomic E-state index is -4.75. The molecule has 0 aliphatic heterocycles. The van der Waals surface area contributed by atoms with Crippen molar-refractivity contribution in [2.75, 3.05) is 5.32 Å². The van der Waals surface area contributed by atoms with E-state index in [1.165, 1.54) is 12.1 Å². The molecule has 0 saturated heterocycles. The minimum Gasteiger partial charge on any atom is -0.324 e. The van der Waals surface area contributed by atoms with Gasteiger partial charge in [0.1, 0.15) is 0 Å². The monoisotopic (exact) mass is 348 g/mol. The van der Waals surface area contributed by atoms with Crippen LogP contribution < -0.4 is 11.0 Å².